The van der Waals surface area contributed by atoms with Crippen LogP contribution in [-0.2, 0) is 4.74 Å². The molecule has 0 amide bonds. The summed E-state index contributed by atoms with van der Waals surface area (Å²) < 4.78 is 6.13. The third-order valence-electron chi connectivity index (χ3n) is 4.60. The molecule has 2 unspecified atom stereocenters. The summed E-state index contributed by atoms with van der Waals surface area (Å²) in [7, 11) is 2.11. The van der Waals surface area contributed by atoms with Gasteiger partial charge < -0.3 is 10.1 Å². The fraction of sp³-hybridized carbons (Fsp3) is 1.00. The Hall–Kier alpha value is -0.0800. The quantitative estimate of drug-likeness (QED) is 0.797. The van der Waals surface area contributed by atoms with Gasteiger partial charge in [-0.3, -0.25) is 0 Å². The third-order valence-corrected chi connectivity index (χ3v) is 4.60. The van der Waals surface area contributed by atoms with Crippen LogP contribution in [-0.4, -0.2) is 25.3 Å². The van der Waals surface area contributed by atoms with E-state index in [2.05, 4.69) is 26.2 Å². The van der Waals surface area contributed by atoms with Crippen molar-refractivity contribution in [2.45, 2.75) is 77.0 Å². The number of nitrogens with one attached hydrogen (secondary N) is 1. The predicted octanol–water partition coefficient (Wildman–Crippen LogP) is 3.11. The highest BCUT2D eigenvalue weighted by molar-refractivity contribution is 5.08. The van der Waals surface area contributed by atoms with Crippen LogP contribution in [0.1, 0.15) is 58.8 Å². The molecular weight excluding hydrogens is 198 g/mol. The number of rotatable bonds is 3. The Bertz CT molecular complexity index is 219. The first-order valence-corrected chi connectivity index (χ1v) is 7.02. The van der Waals surface area contributed by atoms with Crippen LogP contribution < -0.4 is 5.32 Å². The Morgan fingerprint density at radius 2 is 1.75 bits per heavy atom. The maximum absolute atomic E-state index is 6.13. The molecule has 1 spiro atoms. The first-order chi connectivity index (χ1) is 7.69. The zero-order chi connectivity index (χ0) is 11.6. The van der Waals surface area contributed by atoms with Crippen molar-refractivity contribution < 1.29 is 4.74 Å². The summed E-state index contributed by atoms with van der Waals surface area (Å²) >= 11 is 0. The van der Waals surface area contributed by atoms with E-state index in [-0.39, 0.29) is 0 Å². The molecule has 0 aromatic carbocycles. The van der Waals surface area contributed by atoms with Crippen molar-refractivity contribution in [2.24, 2.45) is 5.41 Å². The highest BCUT2D eigenvalue weighted by Gasteiger charge is 2.54. The average molecular weight is 225 g/mol. The van der Waals surface area contributed by atoms with E-state index < -0.39 is 0 Å². The molecule has 2 atom stereocenters. The molecule has 16 heavy (non-hydrogen) atoms. The van der Waals surface area contributed by atoms with E-state index in [1.807, 2.05) is 0 Å². The van der Waals surface area contributed by atoms with Crippen LogP contribution >= 0.6 is 0 Å². The van der Waals surface area contributed by atoms with Crippen molar-refractivity contribution >= 4 is 0 Å². The first-order valence-electron chi connectivity index (χ1n) is 7.02. The molecule has 2 aliphatic carbocycles. The molecule has 0 saturated heterocycles. The van der Waals surface area contributed by atoms with Gasteiger partial charge in [0, 0.05) is 11.5 Å². The zero-order valence-electron chi connectivity index (χ0n) is 11.1. The lowest BCUT2D eigenvalue weighted by molar-refractivity contribution is -0.160. The minimum atomic E-state index is 0.378. The van der Waals surface area contributed by atoms with Crippen LogP contribution in [0.5, 0.6) is 0 Å². The molecule has 0 aromatic rings. The highest BCUT2D eigenvalue weighted by Crippen LogP contribution is 2.52. The predicted molar refractivity (Wildman–Crippen MR) is 67.6 cm³/mol. The van der Waals surface area contributed by atoms with Crippen molar-refractivity contribution in [1.29, 1.82) is 0 Å². The maximum atomic E-state index is 6.13. The number of hydrogen-bond acceptors (Lipinski definition) is 2. The minimum Gasteiger partial charge on any atom is -0.375 e. The molecule has 2 fully saturated rings. The van der Waals surface area contributed by atoms with Gasteiger partial charge in [-0.15, -0.1) is 0 Å². The SMILES string of the molecule is CNC1CC(OC(C)C)C12CCCCCC2. The lowest BCUT2D eigenvalue weighted by atomic mass is 9.58. The summed E-state index contributed by atoms with van der Waals surface area (Å²) in [6.07, 6.45) is 10.5. The summed E-state index contributed by atoms with van der Waals surface area (Å²) in [5.41, 5.74) is 0.468. The summed E-state index contributed by atoms with van der Waals surface area (Å²) in [6.45, 7) is 4.33. The van der Waals surface area contributed by atoms with Crippen LogP contribution in [0.2, 0.25) is 0 Å². The molecule has 0 radical (unpaired) electrons. The standard InChI is InChI=1S/C14H27NO/c1-11(2)16-13-10-12(15-3)14(13)8-6-4-5-7-9-14/h11-13,15H,4-10H2,1-3H3. The molecule has 2 nitrogen and oxygen atoms in total. The second-order valence-corrected chi connectivity index (χ2v) is 5.90. The molecule has 2 rings (SSSR count). The highest BCUT2D eigenvalue weighted by atomic mass is 16.5. The average Bonchev–Trinajstić information content (AvgIpc) is 2.50. The van der Waals surface area contributed by atoms with Crippen LogP contribution in [0.3, 0.4) is 0 Å². The second-order valence-electron chi connectivity index (χ2n) is 5.90. The maximum Gasteiger partial charge on any atom is 0.0664 e. The van der Waals surface area contributed by atoms with E-state index in [9.17, 15) is 0 Å². The minimum absolute atomic E-state index is 0.378. The van der Waals surface area contributed by atoms with Gasteiger partial charge >= 0.3 is 0 Å². The van der Waals surface area contributed by atoms with Crippen LogP contribution in [0, 0.1) is 5.41 Å². The van der Waals surface area contributed by atoms with E-state index >= 15 is 0 Å². The summed E-state index contributed by atoms with van der Waals surface area (Å²) in [4.78, 5) is 0. The van der Waals surface area contributed by atoms with E-state index in [1.54, 1.807) is 0 Å². The molecule has 0 heterocycles. The fourth-order valence-corrected chi connectivity index (χ4v) is 3.73. The number of hydrogen-bond donors (Lipinski definition) is 1. The van der Waals surface area contributed by atoms with Crippen molar-refractivity contribution in [2.75, 3.05) is 7.05 Å². The molecule has 0 aromatic heterocycles. The molecule has 2 heteroatoms. The molecular formula is C14H27NO. The Balaban J connectivity index is 2.04. The number of ether oxygens (including phenoxy) is 1. The molecule has 0 aliphatic heterocycles. The van der Waals surface area contributed by atoms with E-state index in [0.29, 0.717) is 23.7 Å². The van der Waals surface area contributed by atoms with E-state index in [1.165, 1.54) is 44.9 Å². The molecule has 0 bridgehead atoms. The fourth-order valence-electron chi connectivity index (χ4n) is 3.73. The summed E-state index contributed by atoms with van der Waals surface area (Å²) in [5, 5.41) is 3.51. The normalized spacial score (nSPS) is 33.8. The topological polar surface area (TPSA) is 21.3 Å². The smallest absolute Gasteiger partial charge is 0.0664 e. The van der Waals surface area contributed by atoms with Gasteiger partial charge in [0.25, 0.3) is 0 Å². The first kappa shape index (κ1) is 12.4. The van der Waals surface area contributed by atoms with Crippen molar-refractivity contribution in [3.05, 3.63) is 0 Å². The molecule has 2 saturated carbocycles. The van der Waals surface area contributed by atoms with E-state index in [4.69, 9.17) is 4.74 Å². The Labute approximate surface area is 100 Å². The van der Waals surface area contributed by atoms with Crippen molar-refractivity contribution in [1.82, 2.24) is 5.32 Å². The molecule has 2 aliphatic rings. The van der Waals surface area contributed by atoms with Crippen LogP contribution in [0.4, 0.5) is 0 Å². The Kier molecular flexibility index (Phi) is 3.91. The van der Waals surface area contributed by atoms with E-state index in [0.717, 1.165) is 0 Å². The Morgan fingerprint density at radius 3 is 2.25 bits per heavy atom. The Morgan fingerprint density at radius 1 is 1.12 bits per heavy atom. The van der Waals surface area contributed by atoms with Gasteiger partial charge in [-0.05, 0) is 40.2 Å². The molecule has 1 N–H and O–H groups in total. The van der Waals surface area contributed by atoms with Gasteiger partial charge in [0.15, 0.2) is 0 Å². The zero-order valence-corrected chi connectivity index (χ0v) is 11.1. The van der Waals surface area contributed by atoms with Gasteiger partial charge in [-0.2, -0.15) is 0 Å². The summed E-state index contributed by atoms with van der Waals surface area (Å²) in [6, 6.07) is 0.703. The van der Waals surface area contributed by atoms with Gasteiger partial charge in [0.05, 0.1) is 12.2 Å². The van der Waals surface area contributed by atoms with Crippen LogP contribution in [0.25, 0.3) is 0 Å². The monoisotopic (exact) mass is 225 g/mol. The van der Waals surface area contributed by atoms with Crippen molar-refractivity contribution in [3.8, 4) is 0 Å². The largest absolute Gasteiger partial charge is 0.375 e. The summed E-state index contributed by atoms with van der Waals surface area (Å²) in [5.74, 6) is 0. The van der Waals surface area contributed by atoms with Gasteiger partial charge in [-0.25, -0.2) is 0 Å². The van der Waals surface area contributed by atoms with Crippen molar-refractivity contribution in [3.63, 3.8) is 0 Å². The third kappa shape index (κ3) is 2.14. The van der Waals surface area contributed by atoms with Gasteiger partial charge in [-0.1, -0.05) is 25.7 Å². The second kappa shape index (κ2) is 5.05. The van der Waals surface area contributed by atoms with Gasteiger partial charge in [0.2, 0.25) is 0 Å². The van der Waals surface area contributed by atoms with Crippen LogP contribution in [0.15, 0.2) is 0 Å². The lowest BCUT2D eigenvalue weighted by Gasteiger charge is -2.56. The lowest BCUT2D eigenvalue weighted by Crippen LogP contribution is -2.63. The molecule has 94 valence electrons. The van der Waals surface area contributed by atoms with Gasteiger partial charge in [0.1, 0.15) is 0 Å².